The van der Waals surface area contributed by atoms with E-state index in [2.05, 4.69) is 34.4 Å². The van der Waals surface area contributed by atoms with Crippen LogP contribution in [-0.2, 0) is 6.54 Å². The van der Waals surface area contributed by atoms with Gasteiger partial charge in [-0.15, -0.1) is 0 Å². The first-order valence-electron chi connectivity index (χ1n) is 5.87. The fraction of sp³-hybridized carbons (Fsp3) is 0.267. The summed E-state index contributed by atoms with van der Waals surface area (Å²) in [6.45, 7) is 4.76. The number of aromatic nitrogens is 2. The van der Waals surface area contributed by atoms with E-state index in [-0.39, 0.29) is 6.61 Å². The van der Waals surface area contributed by atoms with Gasteiger partial charge in [0.2, 0.25) is 0 Å². The quantitative estimate of drug-likeness (QED) is 0.814. The molecule has 0 saturated heterocycles. The van der Waals surface area contributed by atoms with E-state index in [9.17, 15) is 0 Å². The van der Waals surface area contributed by atoms with Crippen molar-refractivity contribution in [2.75, 3.05) is 6.61 Å². The van der Waals surface area contributed by atoms with Crippen molar-refractivity contribution in [3.63, 3.8) is 0 Å². The van der Waals surface area contributed by atoms with Crippen molar-refractivity contribution in [2.24, 2.45) is 0 Å². The summed E-state index contributed by atoms with van der Waals surface area (Å²) in [6.07, 6.45) is 1.86. The molecule has 0 fully saturated rings. The van der Waals surface area contributed by atoms with Crippen molar-refractivity contribution in [3.05, 3.63) is 53.1 Å². The van der Waals surface area contributed by atoms with Crippen LogP contribution in [0.2, 0.25) is 0 Å². The van der Waals surface area contributed by atoms with Gasteiger partial charge in [0.25, 0.3) is 0 Å². The minimum atomic E-state index is -0.107. The van der Waals surface area contributed by atoms with E-state index < -0.39 is 0 Å². The van der Waals surface area contributed by atoms with Crippen LogP contribution in [0.1, 0.15) is 22.5 Å². The van der Waals surface area contributed by atoms with Gasteiger partial charge < -0.3 is 9.67 Å². The number of hydrogen-bond donors (Lipinski definition) is 1. The van der Waals surface area contributed by atoms with Gasteiger partial charge in [-0.25, -0.2) is 4.98 Å². The Balaban J connectivity index is 2.22. The average molecular weight is 240 g/mol. The first kappa shape index (κ1) is 12.4. The lowest BCUT2D eigenvalue weighted by atomic mass is 10.1. The van der Waals surface area contributed by atoms with Crippen LogP contribution in [0, 0.1) is 25.7 Å². The zero-order chi connectivity index (χ0) is 13.0. The third kappa shape index (κ3) is 2.79. The summed E-state index contributed by atoms with van der Waals surface area (Å²) < 4.78 is 2.12. The summed E-state index contributed by atoms with van der Waals surface area (Å²) in [7, 11) is 0. The number of aliphatic hydroxyl groups is 1. The van der Waals surface area contributed by atoms with E-state index in [1.165, 1.54) is 11.3 Å². The highest BCUT2D eigenvalue weighted by atomic mass is 16.2. The smallest absolute Gasteiger partial charge is 0.104 e. The van der Waals surface area contributed by atoms with Crippen LogP contribution in [0.3, 0.4) is 0 Å². The van der Waals surface area contributed by atoms with Crippen LogP contribution in [-0.4, -0.2) is 21.3 Å². The van der Waals surface area contributed by atoms with Crippen LogP contribution in [0.25, 0.3) is 0 Å². The molecule has 1 N–H and O–H groups in total. The van der Waals surface area contributed by atoms with Crippen LogP contribution < -0.4 is 0 Å². The lowest BCUT2D eigenvalue weighted by molar-refractivity contribution is 0.350. The monoisotopic (exact) mass is 240 g/mol. The van der Waals surface area contributed by atoms with Gasteiger partial charge in [-0.05, 0) is 31.5 Å². The van der Waals surface area contributed by atoms with Gasteiger partial charge in [0.05, 0.1) is 12.0 Å². The molecule has 1 aromatic heterocycles. The van der Waals surface area contributed by atoms with Crippen molar-refractivity contribution >= 4 is 0 Å². The highest BCUT2D eigenvalue weighted by Gasteiger charge is 2.02. The summed E-state index contributed by atoms with van der Waals surface area (Å²) in [5, 5.41) is 8.69. The van der Waals surface area contributed by atoms with E-state index >= 15 is 0 Å². The van der Waals surface area contributed by atoms with Crippen molar-refractivity contribution in [1.29, 1.82) is 0 Å². The molecule has 0 unspecified atom stereocenters. The largest absolute Gasteiger partial charge is 0.384 e. The number of benzene rings is 1. The summed E-state index contributed by atoms with van der Waals surface area (Å²) in [6, 6.07) is 8.03. The maximum Gasteiger partial charge on any atom is 0.104 e. The minimum Gasteiger partial charge on any atom is -0.384 e. The first-order valence-corrected chi connectivity index (χ1v) is 5.87. The molecule has 0 aliphatic carbocycles. The molecular formula is C15H16N2O. The highest BCUT2D eigenvalue weighted by Crippen LogP contribution is 2.10. The molecule has 0 radical (unpaired) electrons. The Morgan fingerprint density at radius 2 is 2.17 bits per heavy atom. The third-order valence-corrected chi connectivity index (χ3v) is 2.94. The molecule has 3 heteroatoms. The normalized spacial score (nSPS) is 9.94. The predicted molar refractivity (Wildman–Crippen MR) is 71.2 cm³/mol. The van der Waals surface area contributed by atoms with E-state index in [0.717, 1.165) is 17.8 Å². The molecule has 0 aliphatic rings. The van der Waals surface area contributed by atoms with Crippen molar-refractivity contribution in [3.8, 4) is 11.8 Å². The Morgan fingerprint density at radius 3 is 2.83 bits per heavy atom. The molecule has 0 bridgehead atoms. The van der Waals surface area contributed by atoms with E-state index in [1.54, 1.807) is 0 Å². The van der Waals surface area contributed by atoms with E-state index in [4.69, 9.17) is 5.11 Å². The lowest BCUT2D eigenvalue weighted by Gasteiger charge is -2.06. The SMILES string of the molecule is Cc1ncn(Cc2cccc(C#CCO)c2)c1C. The molecule has 2 rings (SSSR count). The molecule has 1 aromatic carbocycles. The number of hydrogen-bond acceptors (Lipinski definition) is 2. The Bertz CT molecular complexity index is 602. The second kappa shape index (κ2) is 5.52. The highest BCUT2D eigenvalue weighted by molar-refractivity contribution is 5.37. The van der Waals surface area contributed by atoms with Gasteiger partial charge in [-0.2, -0.15) is 0 Å². The minimum absolute atomic E-state index is 0.107. The second-order valence-electron chi connectivity index (χ2n) is 4.20. The fourth-order valence-electron chi connectivity index (χ4n) is 1.79. The maximum atomic E-state index is 8.69. The van der Waals surface area contributed by atoms with Crippen molar-refractivity contribution in [2.45, 2.75) is 20.4 Å². The second-order valence-corrected chi connectivity index (χ2v) is 4.20. The lowest BCUT2D eigenvalue weighted by Crippen LogP contribution is -2.00. The summed E-state index contributed by atoms with van der Waals surface area (Å²) in [5.41, 5.74) is 4.35. The molecule has 2 aromatic rings. The standard InChI is InChI=1S/C15H16N2O/c1-12-13(2)17(11-16-12)10-15-6-3-5-14(9-15)7-4-8-18/h3,5-6,9,11,18H,8,10H2,1-2H3. The Hall–Kier alpha value is -2.05. The molecule has 0 aliphatic heterocycles. The van der Waals surface area contributed by atoms with E-state index in [1.807, 2.05) is 31.5 Å². The molecule has 0 saturated carbocycles. The third-order valence-electron chi connectivity index (χ3n) is 2.94. The number of nitrogens with zero attached hydrogens (tertiary/aromatic N) is 2. The molecule has 0 atom stereocenters. The maximum absolute atomic E-state index is 8.69. The van der Waals surface area contributed by atoms with Gasteiger partial charge >= 0.3 is 0 Å². The molecular weight excluding hydrogens is 224 g/mol. The first-order chi connectivity index (χ1) is 8.70. The Morgan fingerprint density at radius 1 is 1.33 bits per heavy atom. The molecule has 0 amide bonds. The fourth-order valence-corrected chi connectivity index (χ4v) is 1.79. The average Bonchev–Trinajstić information content (AvgIpc) is 2.69. The van der Waals surface area contributed by atoms with Crippen LogP contribution >= 0.6 is 0 Å². The molecule has 1 heterocycles. The van der Waals surface area contributed by atoms with Gasteiger partial charge in [0.15, 0.2) is 0 Å². The van der Waals surface area contributed by atoms with Crippen LogP contribution in [0.15, 0.2) is 30.6 Å². The number of imidazole rings is 1. The van der Waals surface area contributed by atoms with Crippen molar-refractivity contribution in [1.82, 2.24) is 9.55 Å². The van der Waals surface area contributed by atoms with Gasteiger partial charge in [0, 0.05) is 17.8 Å². The predicted octanol–water partition coefficient (Wildman–Crippen LogP) is 1.89. The van der Waals surface area contributed by atoms with Gasteiger partial charge in [-0.3, -0.25) is 0 Å². The number of rotatable bonds is 2. The Kier molecular flexibility index (Phi) is 3.81. The molecule has 18 heavy (non-hydrogen) atoms. The van der Waals surface area contributed by atoms with Gasteiger partial charge in [-0.1, -0.05) is 24.0 Å². The molecule has 3 nitrogen and oxygen atoms in total. The topological polar surface area (TPSA) is 38.0 Å². The van der Waals surface area contributed by atoms with Crippen LogP contribution in [0.5, 0.6) is 0 Å². The van der Waals surface area contributed by atoms with Crippen molar-refractivity contribution < 1.29 is 5.11 Å². The summed E-state index contributed by atoms with van der Waals surface area (Å²) in [4.78, 5) is 4.29. The Labute approximate surface area is 107 Å². The van der Waals surface area contributed by atoms with Crippen LogP contribution in [0.4, 0.5) is 0 Å². The zero-order valence-electron chi connectivity index (χ0n) is 10.6. The zero-order valence-corrected chi connectivity index (χ0v) is 10.6. The number of aryl methyl sites for hydroxylation is 1. The number of aliphatic hydroxyl groups excluding tert-OH is 1. The summed E-state index contributed by atoms with van der Waals surface area (Å²) in [5.74, 6) is 5.57. The summed E-state index contributed by atoms with van der Waals surface area (Å²) >= 11 is 0. The molecule has 92 valence electrons. The van der Waals surface area contributed by atoms with Gasteiger partial charge in [0.1, 0.15) is 6.61 Å². The molecule has 0 spiro atoms. The van der Waals surface area contributed by atoms with E-state index in [0.29, 0.717) is 0 Å².